The molecule has 0 saturated heterocycles. The van der Waals surface area contributed by atoms with Gasteiger partial charge >= 0.3 is 0 Å². The number of rotatable bonds is 8. The van der Waals surface area contributed by atoms with Crippen LogP contribution in [0.2, 0.25) is 0 Å². The smallest absolute Gasteiger partial charge is 0.191 e. The number of nitrogens with one attached hydrogen (secondary N) is 2. The highest BCUT2D eigenvalue weighted by Gasteiger charge is 2.32. The van der Waals surface area contributed by atoms with E-state index in [9.17, 15) is 5.11 Å². The first-order valence-electron chi connectivity index (χ1n) is 8.81. The Balaban J connectivity index is 0.00000312. The van der Waals surface area contributed by atoms with E-state index in [2.05, 4.69) is 34.6 Å². The lowest BCUT2D eigenvalue weighted by Crippen LogP contribution is -2.46. The molecule has 1 aromatic rings. The van der Waals surface area contributed by atoms with E-state index in [1.807, 2.05) is 19.9 Å². The maximum absolute atomic E-state index is 10.6. The summed E-state index contributed by atoms with van der Waals surface area (Å²) in [6.07, 6.45) is 2.62. The van der Waals surface area contributed by atoms with Gasteiger partial charge in [-0.15, -0.1) is 24.0 Å². The maximum Gasteiger partial charge on any atom is 0.191 e. The number of hydrogen-bond donors (Lipinski definition) is 3. The fourth-order valence-corrected chi connectivity index (χ4v) is 2.83. The second kappa shape index (κ2) is 9.78. The van der Waals surface area contributed by atoms with Crippen molar-refractivity contribution in [1.29, 1.82) is 0 Å². The third kappa shape index (κ3) is 6.79. The molecule has 0 aromatic carbocycles. The SMILES string of the molecule is CCNC(=NCC(C)(O)c1ccc(C)o1)NCC(C1CC1)N(C)C.I. The maximum atomic E-state index is 10.6. The summed E-state index contributed by atoms with van der Waals surface area (Å²) >= 11 is 0. The average Bonchev–Trinajstić information content (AvgIpc) is 3.24. The summed E-state index contributed by atoms with van der Waals surface area (Å²) in [7, 11) is 4.25. The van der Waals surface area contributed by atoms with Crippen LogP contribution in [0.5, 0.6) is 0 Å². The molecule has 0 aliphatic heterocycles. The summed E-state index contributed by atoms with van der Waals surface area (Å²) in [4.78, 5) is 6.82. The summed E-state index contributed by atoms with van der Waals surface area (Å²) in [5.74, 6) is 2.85. The Hall–Kier alpha value is -0.800. The number of halogens is 1. The average molecular weight is 464 g/mol. The molecule has 25 heavy (non-hydrogen) atoms. The molecule has 0 spiro atoms. The molecule has 2 unspecified atom stereocenters. The van der Waals surface area contributed by atoms with E-state index in [-0.39, 0.29) is 30.5 Å². The molecule has 1 fully saturated rings. The number of aliphatic imine (C=N–C) groups is 1. The number of furan rings is 1. The third-order valence-electron chi connectivity index (χ3n) is 4.47. The number of guanidine groups is 1. The van der Waals surface area contributed by atoms with Gasteiger partial charge in [0, 0.05) is 19.1 Å². The Labute approximate surface area is 168 Å². The zero-order valence-electron chi connectivity index (χ0n) is 16.0. The molecule has 3 N–H and O–H groups in total. The first-order chi connectivity index (χ1) is 11.3. The van der Waals surface area contributed by atoms with Crippen molar-refractivity contribution in [2.24, 2.45) is 10.9 Å². The topological polar surface area (TPSA) is 73.0 Å². The van der Waals surface area contributed by atoms with Crippen molar-refractivity contribution < 1.29 is 9.52 Å². The molecule has 1 heterocycles. The highest BCUT2D eigenvalue weighted by molar-refractivity contribution is 14.0. The minimum absolute atomic E-state index is 0. The first kappa shape index (κ1) is 22.2. The molecule has 1 aliphatic rings. The molecule has 0 radical (unpaired) electrons. The highest BCUT2D eigenvalue weighted by Crippen LogP contribution is 2.34. The van der Waals surface area contributed by atoms with Crippen LogP contribution in [0.3, 0.4) is 0 Å². The molecule has 2 rings (SSSR count). The van der Waals surface area contributed by atoms with Gasteiger partial charge in [-0.2, -0.15) is 0 Å². The zero-order valence-corrected chi connectivity index (χ0v) is 18.3. The van der Waals surface area contributed by atoms with Gasteiger partial charge in [0.25, 0.3) is 0 Å². The minimum atomic E-state index is -1.12. The van der Waals surface area contributed by atoms with Gasteiger partial charge in [0.15, 0.2) is 5.96 Å². The van der Waals surface area contributed by atoms with E-state index in [0.29, 0.717) is 11.8 Å². The summed E-state index contributed by atoms with van der Waals surface area (Å²) in [5.41, 5.74) is -1.12. The van der Waals surface area contributed by atoms with Crippen LogP contribution in [0, 0.1) is 12.8 Å². The molecule has 0 amide bonds. The Morgan fingerprint density at radius 3 is 2.56 bits per heavy atom. The van der Waals surface area contributed by atoms with Gasteiger partial charge in [0.05, 0.1) is 6.54 Å². The summed E-state index contributed by atoms with van der Waals surface area (Å²) in [5, 5.41) is 17.3. The molecule has 6 nitrogen and oxygen atoms in total. The van der Waals surface area contributed by atoms with E-state index in [1.165, 1.54) is 12.8 Å². The fourth-order valence-electron chi connectivity index (χ4n) is 2.83. The van der Waals surface area contributed by atoms with Crippen LogP contribution in [0.15, 0.2) is 21.5 Å². The predicted molar refractivity (Wildman–Crippen MR) is 113 cm³/mol. The fraction of sp³-hybridized carbons (Fsp3) is 0.722. The van der Waals surface area contributed by atoms with Gasteiger partial charge in [-0.25, -0.2) is 4.99 Å². The van der Waals surface area contributed by atoms with Gasteiger partial charge in [0.1, 0.15) is 17.1 Å². The van der Waals surface area contributed by atoms with Crippen molar-refractivity contribution in [1.82, 2.24) is 15.5 Å². The quantitative estimate of drug-likeness (QED) is 0.313. The number of aliphatic hydroxyl groups is 1. The second-order valence-electron chi connectivity index (χ2n) is 7.13. The molecular weight excluding hydrogens is 431 g/mol. The van der Waals surface area contributed by atoms with Crippen molar-refractivity contribution in [3.8, 4) is 0 Å². The van der Waals surface area contributed by atoms with Gasteiger partial charge in [-0.3, -0.25) is 0 Å². The summed E-state index contributed by atoms with van der Waals surface area (Å²) in [6, 6.07) is 4.18. The van der Waals surface area contributed by atoms with Gasteiger partial charge < -0.3 is 25.1 Å². The van der Waals surface area contributed by atoms with Crippen LogP contribution < -0.4 is 10.6 Å². The lowest BCUT2D eigenvalue weighted by molar-refractivity contribution is 0.0428. The second-order valence-corrected chi connectivity index (χ2v) is 7.13. The minimum Gasteiger partial charge on any atom is -0.463 e. The third-order valence-corrected chi connectivity index (χ3v) is 4.47. The summed E-state index contributed by atoms with van der Waals surface area (Å²) < 4.78 is 5.54. The molecule has 1 saturated carbocycles. The Morgan fingerprint density at radius 2 is 2.08 bits per heavy atom. The molecule has 0 bridgehead atoms. The van der Waals surface area contributed by atoms with Crippen molar-refractivity contribution in [2.45, 2.75) is 45.3 Å². The lowest BCUT2D eigenvalue weighted by Gasteiger charge is -2.26. The van der Waals surface area contributed by atoms with E-state index in [1.54, 1.807) is 13.0 Å². The zero-order chi connectivity index (χ0) is 17.7. The van der Waals surface area contributed by atoms with Crippen molar-refractivity contribution in [3.05, 3.63) is 23.7 Å². The Bertz CT molecular complexity index is 551. The van der Waals surface area contributed by atoms with Crippen molar-refractivity contribution >= 4 is 29.9 Å². The van der Waals surface area contributed by atoms with E-state index < -0.39 is 5.60 Å². The predicted octanol–water partition coefficient (Wildman–Crippen LogP) is 2.31. The summed E-state index contributed by atoms with van der Waals surface area (Å²) in [6.45, 7) is 7.51. The number of likely N-dealkylation sites (N-methyl/N-ethyl adjacent to an activating group) is 1. The molecule has 144 valence electrons. The van der Waals surface area contributed by atoms with Crippen LogP contribution in [0.1, 0.15) is 38.2 Å². The van der Waals surface area contributed by atoms with E-state index >= 15 is 0 Å². The van der Waals surface area contributed by atoms with E-state index in [0.717, 1.165) is 30.7 Å². The largest absolute Gasteiger partial charge is 0.463 e. The van der Waals surface area contributed by atoms with Crippen LogP contribution in [-0.2, 0) is 5.60 Å². The van der Waals surface area contributed by atoms with Crippen LogP contribution in [0.25, 0.3) is 0 Å². The van der Waals surface area contributed by atoms with E-state index in [4.69, 9.17) is 4.42 Å². The lowest BCUT2D eigenvalue weighted by atomic mass is 10.0. The molecule has 1 aliphatic carbocycles. The number of aryl methyl sites for hydroxylation is 1. The molecular formula is C18H33IN4O2. The molecule has 7 heteroatoms. The van der Waals surface area contributed by atoms with Crippen molar-refractivity contribution in [3.63, 3.8) is 0 Å². The van der Waals surface area contributed by atoms with Gasteiger partial charge in [0.2, 0.25) is 0 Å². The normalized spacial score (nSPS) is 18.4. The standard InChI is InChI=1S/C18H32N4O2.HI/c1-6-19-17(20-11-15(22(4)5)14-8-9-14)21-12-18(3,23)16-10-7-13(2)24-16;/h7,10,14-15,23H,6,8-9,11-12H2,1-5H3,(H2,19,20,21);1H. The van der Waals surface area contributed by atoms with Crippen LogP contribution >= 0.6 is 24.0 Å². The monoisotopic (exact) mass is 464 g/mol. The molecule has 2 atom stereocenters. The van der Waals surface area contributed by atoms with Gasteiger partial charge in [-0.1, -0.05) is 0 Å². The van der Waals surface area contributed by atoms with Gasteiger partial charge in [-0.05, 0) is 65.8 Å². The Morgan fingerprint density at radius 1 is 1.40 bits per heavy atom. The number of nitrogens with zero attached hydrogens (tertiary/aromatic N) is 2. The van der Waals surface area contributed by atoms with Crippen molar-refractivity contribution in [2.75, 3.05) is 33.7 Å². The van der Waals surface area contributed by atoms with Crippen LogP contribution in [-0.4, -0.2) is 55.7 Å². The molecule has 1 aromatic heterocycles. The number of hydrogen-bond acceptors (Lipinski definition) is 4. The highest BCUT2D eigenvalue weighted by atomic mass is 127. The van der Waals surface area contributed by atoms with Crippen LogP contribution in [0.4, 0.5) is 0 Å². The first-order valence-corrected chi connectivity index (χ1v) is 8.81. The Kier molecular flexibility index (Phi) is 8.70.